The predicted octanol–water partition coefficient (Wildman–Crippen LogP) is 1.94. The van der Waals surface area contributed by atoms with Crippen molar-refractivity contribution >= 4 is 24.0 Å². The number of nitrogens with one attached hydrogen (secondary N) is 1. The van der Waals surface area contributed by atoms with Gasteiger partial charge in [0.1, 0.15) is 5.75 Å². The van der Waals surface area contributed by atoms with Gasteiger partial charge in [-0.25, -0.2) is 0 Å². The van der Waals surface area contributed by atoms with Crippen molar-refractivity contribution in [2.45, 2.75) is 38.3 Å². The van der Waals surface area contributed by atoms with E-state index in [4.69, 9.17) is 10.5 Å². The first kappa shape index (κ1) is 18.6. The molecule has 2 rings (SSSR count). The third kappa shape index (κ3) is 4.52. The summed E-state index contributed by atoms with van der Waals surface area (Å²) in [4.78, 5) is 14.2. The topological polar surface area (TPSA) is 67.6 Å². The maximum atomic E-state index is 12.0. The van der Waals surface area contributed by atoms with Gasteiger partial charge in [0.05, 0.1) is 18.8 Å². The summed E-state index contributed by atoms with van der Waals surface area (Å²) in [7, 11) is 1.68. The van der Waals surface area contributed by atoms with Gasteiger partial charge in [-0.2, -0.15) is 0 Å². The standard InChI is InChI=1S/C16H25N3O2.ClH/c1-3-6-13(17)16(20)18-12-9-10-19(11-12)14-7-4-5-8-15(14)21-2;/h4-5,7-8,12-13H,3,6,9-11,17H2,1-2H3,(H,18,20);1H. The van der Waals surface area contributed by atoms with Gasteiger partial charge in [0.2, 0.25) is 5.91 Å². The predicted molar refractivity (Wildman–Crippen MR) is 91.9 cm³/mol. The molecule has 1 aliphatic heterocycles. The fourth-order valence-corrected chi connectivity index (χ4v) is 2.74. The lowest BCUT2D eigenvalue weighted by Gasteiger charge is -2.22. The summed E-state index contributed by atoms with van der Waals surface area (Å²) >= 11 is 0. The molecule has 0 bridgehead atoms. The van der Waals surface area contributed by atoms with E-state index in [-0.39, 0.29) is 24.4 Å². The Kier molecular flexibility index (Phi) is 7.48. The summed E-state index contributed by atoms with van der Waals surface area (Å²) < 4.78 is 5.40. The van der Waals surface area contributed by atoms with Crippen LogP contribution in [0.15, 0.2) is 24.3 Å². The van der Waals surface area contributed by atoms with Crippen molar-refractivity contribution in [3.63, 3.8) is 0 Å². The van der Waals surface area contributed by atoms with Gasteiger partial charge in [-0.3, -0.25) is 4.79 Å². The van der Waals surface area contributed by atoms with Gasteiger partial charge >= 0.3 is 0 Å². The number of rotatable bonds is 6. The normalized spacial score (nSPS) is 18.5. The molecule has 0 spiro atoms. The average Bonchev–Trinajstić information content (AvgIpc) is 2.95. The number of nitrogens with zero attached hydrogens (tertiary/aromatic N) is 1. The molecule has 1 saturated heterocycles. The molecule has 1 fully saturated rings. The van der Waals surface area contributed by atoms with Gasteiger partial charge in [0, 0.05) is 19.1 Å². The summed E-state index contributed by atoms with van der Waals surface area (Å²) in [5.74, 6) is 0.830. The maximum absolute atomic E-state index is 12.0. The lowest BCUT2D eigenvalue weighted by Crippen LogP contribution is -2.46. The summed E-state index contributed by atoms with van der Waals surface area (Å²) in [6, 6.07) is 7.73. The number of ether oxygens (including phenoxy) is 1. The number of hydrogen-bond acceptors (Lipinski definition) is 4. The molecular weight excluding hydrogens is 302 g/mol. The highest BCUT2D eigenvalue weighted by atomic mass is 35.5. The fourth-order valence-electron chi connectivity index (χ4n) is 2.74. The van der Waals surface area contributed by atoms with E-state index in [0.717, 1.165) is 43.8 Å². The minimum atomic E-state index is -0.393. The van der Waals surface area contributed by atoms with Crippen LogP contribution in [0.2, 0.25) is 0 Å². The van der Waals surface area contributed by atoms with Crippen LogP contribution in [0.3, 0.4) is 0 Å². The van der Waals surface area contributed by atoms with Crippen LogP contribution in [-0.4, -0.2) is 38.2 Å². The lowest BCUT2D eigenvalue weighted by atomic mass is 10.1. The van der Waals surface area contributed by atoms with E-state index in [2.05, 4.69) is 10.2 Å². The summed E-state index contributed by atoms with van der Waals surface area (Å²) in [6.45, 7) is 3.74. The number of hydrogen-bond donors (Lipinski definition) is 2. The Balaban J connectivity index is 0.00000242. The molecule has 0 saturated carbocycles. The first-order valence-corrected chi connectivity index (χ1v) is 7.59. The average molecular weight is 328 g/mol. The van der Waals surface area contributed by atoms with Crippen LogP contribution in [0.1, 0.15) is 26.2 Å². The van der Waals surface area contributed by atoms with E-state index in [1.807, 2.05) is 31.2 Å². The summed E-state index contributed by atoms with van der Waals surface area (Å²) in [6.07, 6.45) is 2.59. The summed E-state index contributed by atoms with van der Waals surface area (Å²) in [5.41, 5.74) is 6.93. The Bertz CT molecular complexity index is 484. The number of halogens is 1. The second-order valence-electron chi connectivity index (χ2n) is 5.51. The molecule has 124 valence electrons. The number of anilines is 1. The van der Waals surface area contributed by atoms with Crippen molar-refractivity contribution in [1.82, 2.24) is 5.32 Å². The fraction of sp³-hybridized carbons (Fsp3) is 0.562. The van der Waals surface area contributed by atoms with E-state index in [1.165, 1.54) is 0 Å². The van der Waals surface area contributed by atoms with Crippen molar-refractivity contribution in [1.29, 1.82) is 0 Å². The molecular formula is C16H26ClN3O2. The zero-order valence-corrected chi connectivity index (χ0v) is 14.1. The van der Waals surface area contributed by atoms with Gasteiger partial charge in [-0.1, -0.05) is 25.5 Å². The molecule has 1 aliphatic rings. The Hall–Kier alpha value is -1.46. The number of amides is 1. The molecule has 0 aliphatic carbocycles. The zero-order valence-electron chi connectivity index (χ0n) is 13.2. The van der Waals surface area contributed by atoms with Crippen LogP contribution in [0.5, 0.6) is 5.75 Å². The van der Waals surface area contributed by atoms with Gasteiger partial charge in [-0.05, 0) is 25.0 Å². The summed E-state index contributed by atoms with van der Waals surface area (Å²) in [5, 5.41) is 3.05. The molecule has 1 aromatic carbocycles. The molecule has 5 nitrogen and oxygen atoms in total. The molecule has 22 heavy (non-hydrogen) atoms. The highest BCUT2D eigenvalue weighted by Gasteiger charge is 2.26. The zero-order chi connectivity index (χ0) is 15.2. The van der Waals surface area contributed by atoms with Gasteiger partial charge in [0.15, 0.2) is 0 Å². The highest BCUT2D eigenvalue weighted by Crippen LogP contribution is 2.30. The van der Waals surface area contributed by atoms with Crippen molar-refractivity contribution in [2.24, 2.45) is 5.73 Å². The van der Waals surface area contributed by atoms with Gasteiger partial charge < -0.3 is 20.7 Å². The molecule has 2 unspecified atom stereocenters. The van der Waals surface area contributed by atoms with Crippen LogP contribution in [-0.2, 0) is 4.79 Å². The smallest absolute Gasteiger partial charge is 0.237 e. The van der Waals surface area contributed by atoms with Crippen molar-refractivity contribution in [3.8, 4) is 5.75 Å². The Labute approximate surface area is 138 Å². The van der Waals surface area contributed by atoms with Gasteiger partial charge in [0.25, 0.3) is 0 Å². The van der Waals surface area contributed by atoms with Crippen LogP contribution in [0.4, 0.5) is 5.69 Å². The largest absolute Gasteiger partial charge is 0.495 e. The SMILES string of the molecule is CCCC(N)C(=O)NC1CCN(c2ccccc2OC)C1.Cl. The number of carbonyl (C=O) groups is 1. The monoisotopic (exact) mass is 327 g/mol. The molecule has 0 aromatic heterocycles. The minimum absolute atomic E-state index is 0. The first-order valence-electron chi connectivity index (χ1n) is 7.59. The number of para-hydroxylation sites is 2. The lowest BCUT2D eigenvalue weighted by molar-refractivity contribution is -0.123. The maximum Gasteiger partial charge on any atom is 0.237 e. The van der Waals surface area contributed by atoms with Crippen molar-refractivity contribution in [3.05, 3.63) is 24.3 Å². The first-order chi connectivity index (χ1) is 10.2. The molecule has 2 atom stereocenters. The molecule has 6 heteroatoms. The quantitative estimate of drug-likeness (QED) is 0.838. The number of benzene rings is 1. The second kappa shape index (κ2) is 8.86. The van der Waals surface area contributed by atoms with Gasteiger partial charge in [-0.15, -0.1) is 12.4 Å². The van der Waals surface area contributed by atoms with Crippen LogP contribution in [0.25, 0.3) is 0 Å². The van der Waals surface area contributed by atoms with Crippen LogP contribution < -0.4 is 20.7 Å². The van der Waals surface area contributed by atoms with E-state index in [9.17, 15) is 4.79 Å². The minimum Gasteiger partial charge on any atom is -0.495 e. The number of methoxy groups -OCH3 is 1. The molecule has 0 radical (unpaired) electrons. The van der Waals surface area contributed by atoms with Crippen LogP contribution in [0, 0.1) is 0 Å². The van der Waals surface area contributed by atoms with E-state index in [0.29, 0.717) is 0 Å². The number of nitrogens with two attached hydrogens (primary N) is 1. The highest BCUT2D eigenvalue weighted by molar-refractivity contribution is 5.85. The van der Waals surface area contributed by atoms with E-state index < -0.39 is 6.04 Å². The van der Waals surface area contributed by atoms with E-state index >= 15 is 0 Å². The molecule has 1 heterocycles. The second-order valence-corrected chi connectivity index (χ2v) is 5.51. The third-order valence-electron chi connectivity index (χ3n) is 3.90. The Morgan fingerprint density at radius 1 is 1.50 bits per heavy atom. The van der Waals surface area contributed by atoms with E-state index in [1.54, 1.807) is 7.11 Å². The van der Waals surface area contributed by atoms with Crippen molar-refractivity contribution < 1.29 is 9.53 Å². The molecule has 1 amide bonds. The van der Waals surface area contributed by atoms with Crippen LogP contribution >= 0.6 is 12.4 Å². The third-order valence-corrected chi connectivity index (χ3v) is 3.90. The number of carbonyl (C=O) groups excluding carboxylic acids is 1. The van der Waals surface area contributed by atoms with Crippen molar-refractivity contribution in [2.75, 3.05) is 25.1 Å². The Morgan fingerprint density at radius 3 is 2.91 bits per heavy atom. The Morgan fingerprint density at radius 2 is 2.23 bits per heavy atom. The molecule has 1 aromatic rings. The molecule has 3 N–H and O–H groups in total.